The molecule has 0 radical (unpaired) electrons. The lowest BCUT2D eigenvalue weighted by Crippen LogP contribution is -2.52. The van der Waals surface area contributed by atoms with E-state index in [0.29, 0.717) is 29.5 Å². The number of fused-ring (bicyclic) bond motifs is 1. The van der Waals surface area contributed by atoms with Crippen LogP contribution in [0.2, 0.25) is 0 Å². The molecule has 2 aliphatic rings. The molecule has 2 fully saturated rings. The Balaban J connectivity index is 2.05. The van der Waals surface area contributed by atoms with E-state index in [9.17, 15) is 0 Å². The first-order valence-electron chi connectivity index (χ1n) is 5.70. The van der Waals surface area contributed by atoms with E-state index in [1.807, 2.05) is 0 Å². The van der Waals surface area contributed by atoms with Crippen LogP contribution in [0.4, 0.5) is 0 Å². The van der Waals surface area contributed by atoms with Gasteiger partial charge in [0.1, 0.15) is 0 Å². The summed E-state index contributed by atoms with van der Waals surface area (Å²) in [6.07, 6.45) is 3.29. The van der Waals surface area contributed by atoms with E-state index in [0.717, 1.165) is 0 Å². The number of hydrogen-bond acceptors (Lipinski definition) is 3. The van der Waals surface area contributed by atoms with Crippen molar-refractivity contribution >= 4 is 11.8 Å². The lowest BCUT2D eigenvalue weighted by Gasteiger charge is -2.39. The number of ether oxygens (including phenoxy) is 1. The van der Waals surface area contributed by atoms with E-state index in [2.05, 4.69) is 37.8 Å². The van der Waals surface area contributed by atoms with E-state index in [-0.39, 0.29) is 0 Å². The summed E-state index contributed by atoms with van der Waals surface area (Å²) in [6, 6.07) is 1.34. The molecule has 5 atom stereocenters. The quantitative estimate of drug-likeness (QED) is 0.668. The molecule has 0 aliphatic carbocycles. The fourth-order valence-electron chi connectivity index (χ4n) is 2.56. The first-order valence-corrected chi connectivity index (χ1v) is 6.75. The largest absolute Gasteiger partial charge is 0.374 e. The van der Waals surface area contributed by atoms with Gasteiger partial charge in [0, 0.05) is 17.3 Å². The fourth-order valence-corrected chi connectivity index (χ4v) is 4.08. The van der Waals surface area contributed by atoms with Crippen LogP contribution in [0.1, 0.15) is 33.6 Å². The molecular weight excluding hydrogens is 194 g/mol. The van der Waals surface area contributed by atoms with Crippen LogP contribution < -0.4 is 5.32 Å². The number of nitrogens with one attached hydrogen (secondary N) is 1. The van der Waals surface area contributed by atoms with Gasteiger partial charge in [-0.1, -0.05) is 0 Å². The summed E-state index contributed by atoms with van der Waals surface area (Å²) < 4.78 is 5.89. The first-order chi connectivity index (χ1) is 6.66. The smallest absolute Gasteiger partial charge is 0.0684 e. The fraction of sp³-hybridized carbons (Fsp3) is 1.00. The molecule has 2 heterocycles. The van der Waals surface area contributed by atoms with Gasteiger partial charge >= 0.3 is 0 Å². The summed E-state index contributed by atoms with van der Waals surface area (Å²) in [5, 5.41) is 4.40. The minimum absolute atomic E-state index is 0.409. The van der Waals surface area contributed by atoms with Crippen molar-refractivity contribution in [1.82, 2.24) is 5.32 Å². The Labute approximate surface area is 91.2 Å². The Morgan fingerprint density at radius 3 is 2.86 bits per heavy atom. The van der Waals surface area contributed by atoms with Gasteiger partial charge in [0.2, 0.25) is 0 Å². The van der Waals surface area contributed by atoms with E-state index in [1.54, 1.807) is 0 Å². The topological polar surface area (TPSA) is 21.3 Å². The molecule has 2 nitrogen and oxygen atoms in total. The highest BCUT2D eigenvalue weighted by molar-refractivity contribution is 8.00. The van der Waals surface area contributed by atoms with Crippen molar-refractivity contribution in [1.29, 1.82) is 0 Å². The summed E-state index contributed by atoms with van der Waals surface area (Å²) in [5.74, 6) is 1.28. The molecule has 3 heteroatoms. The highest BCUT2D eigenvalue weighted by Gasteiger charge is 2.36. The Morgan fingerprint density at radius 2 is 2.07 bits per heavy atom. The normalized spacial score (nSPS) is 49.5. The average molecular weight is 215 g/mol. The Bertz CT molecular complexity index is 200. The molecule has 0 aromatic heterocycles. The van der Waals surface area contributed by atoms with Gasteiger partial charge in [-0.3, -0.25) is 0 Å². The molecule has 82 valence electrons. The third kappa shape index (κ3) is 2.26. The third-order valence-corrected chi connectivity index (χ3v) is 4.82. The zero-order chi connectivity index (χ0) is 10.1. The van der Waals surface area contributed by atoms with E-state index < -0.39 is 0 Å². The van der Waals surface area contributed by atoms with Crippen molar-refractivity contribution in [2.75, 3.05) is 5.75 Å². The first kappa shape index (κ1) is 10.8. The van der Waals surface area contributed by atoms with Crippen molar-refractivity contribution < 1.29 is 4.74 Å². The highest BCUT2D eigenvalue weighted by atomic mass is 32.2. The monoisotopic (exact) mass is 215 g/mol. The minimum atomic E-state index is 0.409. The van der Waals surface area contributed by atoms with Crippen molar-refractivity contribution in [2.24, 2.45) is 0 Å². The number of hydrogen-bond donors (Lipinski definition) is 1. The molecule has 2 saturated heterocycles. The molecule has 2 rings (SSSR count). The van der Waals surface area contributed by atoms with Crippen LogP contribution in [-0.2, 0) is 4.74 Å². The second kappa shape index (κ2) is 4.42. The van der Waals surface area contributed by atoms with Crippen molar-refractivity contribution in [3.05, 3.63) is 0 Å². The summed E-state index contributed by atoms with van der Waals surface area (Å²) in [7, 11) is 0. The Hall–Kier alpha value is 0.270. The molecule has 0 aromatic rings. The second-order valence-corrected chi connectivity index (χ2v) is 5.97. The maximum Gasteiger partial charge on any atom is 0.0684 e. The van der Waals surface area contributed by atoms with Crippen LogP contribution in [0.15, 0.2) is 0 Å². The second-order valence-electron chi connectivity index (χ2n) is 4.69. The SMILES string of the molecule is CC1CCSC2C(CC(C)OC2C)N1. The van der Waals surface area contributed by atoms with Crippen LogP contribution in [-0.4, -0.2) is 35.3 Å². The zero-order valence-corrected chi connectivity index (χ0v) is 10.1. The van der Waals surface area contributed by atoms with Crippen molar-refractivity contribution in [3.8, 4) is 0 Å². The van der Waals surface area contributed by atoms with Gasteiger partial charge in [0.25, 0.3) is 0 Å². The van der Waals surface area contributed by atoms with Crippen LogP contribution in [0, 0.1) is 0 Å². The third-order valence-electron chi connectivity index (χ3n) is 3.25. The number of thioether (sulfide) groups is 1. The predicted octanol–water partition coefficient (Wildman–Crippen LogP) is 2.04. The standard InChI is InChI=1S/C11H21NOS/c1-7-4-5-14-11-9(3)13-8(2)6-10(11)12-7/h7-12H,4-6H2,1-3H3. The highest BCUT2D eigenvalue weighted by Crippen LogP contribution is 2.32. The molecule has 1 N–H and O–H groups in total. The van der Waals surface area contributed by atoms with E-state index in [1.165, 1.54) is 18.6 Å². The molecule has 2 aliphatic heterocycles. The van der Waals surface area contributed by atoms with Gasteiger partial charge in [-0.25, -0.2) is 0 Å². The predicted molar refractivity (Wildman–Crippen MR) is 61.9 cm³/mol. The lowest BCUT2D eigenvalue weighted by molar-refractivity contribution is -0.0378. The van der Waals surface area contributed by atoms with Gasteiger partial charge in [0.05, 0.1) is 12.2 Å². The molecule has 0 bridgehead atoms. The molecule has 0 amide bonds. The van der Waals surface area contributed by atoms with Crippen LogP contribution in [0.25, 0.3) is 0 Å². The summed E-state index contributed by atoms with van der Waals surface area (Å²) in [6.45, 7) is 6.71. The average Bonchev–Trinajstić information content (AvgIpc) is 2.25. The van der Waals surface area contributed by atoms with Gasteiger partial charge in [-0.2, -0.15) is 11.8 Å². The summed E-state index contributed by atoms with van der Waals surface area (Å²) in [4.78, 5) is 0. The molecular formula is C11H21NOS. The molecule has 14 heavy (non-hydrogen) atoms. The summed E-state index contributed by atoms with van der Waals surface area (Å²) in [5.41, 5.74) is 0. The zero-order valence-electron chi connectivity index (χ0n) is 9.32. The lowest BCUT2D eigenvalue weighted by atomic mass is 9.98. The molecule has 0 aromatic carbocycles. The Kier molecular flexibility index (Phi) is 3.40. The van der Waals surface area contributed by atoms with Gasteiger partial charge in [0.15, 0.2) is 0 Å². The molecule has 0 saturated carbocycles. The minimum Gasteiger partial charge on any atom is -0.374 e. The van der Waals surface area contributed by atoms with E-state index in [4.69, 9.17) is 4.74 Å². The Morgan fingerprint density at radius 1 is 1.29 bits per heavy atom. The molecule has 5 unspecified atom stereocenters. The number of rotatable bonds is 0. The van der Waals surface area contributed by atoms with E-state index >= 15 is 0 Å². The molecule has 0 spiro atoms. The maximum absolute atomic E-state index is 5.89. The van der Waals surface area contributed by atoms with Crippen LogP contribution >= 0.6 is 11.8 Å². The van der Waals surface area contributed by atoms with Crippen molar-refractivity contribution in [3.63, 3.8) is 0 Å². The summed E-state index contributed by atoms with van der Waals surface area (Å²) >= 11 is 2.09. The van der Waals surface area contributed by atoms with Gasteiger partial charge < -0.3 is 10.1 Å². The van der Waals surface area contributed by atoms with Crippen LogP contribution in [0.3, 0.4) is 0 Å². The van der Waals surface area contributed by atoms with Crippen molar-refractivity contribution in [2.45, 2.75) is 63.2 Å². The van der Waals surface area contributed by atoms with Gasteiger partial charge in [-0.15, -0.1) is 0 Å². The maximum atomic E-state index is 5.89. The van der Waals surface area contributed by atoms with Crippen LogP contribution in [0.5, 0.6) is 0 Å². The van der Waals surface area contributed by atoms with Gasteiger partial charge in [-0.05, 0) is 39.4 Å².